The van der Waals surface area contributed by atoms with Gasteiger partial charge in [0.2, 0.25) is 0 Å². The molecule has 0 bridgehead atoms. The van der Waals surface area contributed by atoms with E-state index in [0.29, 0.717) is 12.8 Å². The first-order chi connectivity index (χ1) is 8.79. The molecule has 0 unspecified atom stereocenters. The van der Waals surface area contributed by atoms with Crippen LogP contribution in [0.3, 0.4) is 0 Å². The molecule has 1 aromatic heterocycles. The molecule has 9 heteroatoms. The van der Waals surface area contributed by atoms with E-state index >= 15 is 0 Å². The maximum Gasteiger partial charge on any atom is 0.309 e. The van der Waals surface area contributed by atoms with Gasteiger partial charge in [0.1, 0.15) is 0 Å². The average Bonchev–Trinajstić information content (AvgIpc) is 2.63. The molecule has 1 heterocycles. The van der Waals surface area contributed by atoms with E-state index in [1.807, 2.05) is 0 Å². The second-order valence-electron chi connectivity index (χ2n) is 3.79. The average molecular weight is 328 g/mol. The Morgan fingerprint density at radius 2 is 1.26 bits per heavy atom. The maximum absolute atomic E-state index is 11.5. The Kier molecular flexibility index (Phi) is 5.63. The fourth-order valence-electron chi connectivity index (χ4n) is 1.25. The molecule has 0 atom stereocenters. The smallest absolute Gasteiger partial charge is 0.309 e. The van der Waals surface area contributed by atoms with Crippen molar-refractivity contribution in [2.75, 3.05) is 11.5 Å². The number of hydrogen-bond donors (Lipinski definition) is 0. The molecule has 1 aromatic rings. The zero-order chi connectivity index (χ0) is 14.5. The summed E-state index contributed by atoms with van der Waals surface area (Å²) in [4.78, 5) is 0. The minimum absolute atomic E-state index is 0.0851. The van der Waals surface area contributed by atoms with Crippen molar-refractivity contribution in [1.82, 2.24) is 0 Å². The SMILES string of the molecule is CCCS(=O)(=O)Oc1cscc1OS(=O)(=O)CCC. The molecule has 1 rings (SSSR count). The minimum Gasteiger partial charge on any atom is -0.377 e. The largest absolute Gasteiger partial charge is 0.377 e. The van der Waals surface area contributed by atoms with Crippen LogP contribution in [-0.4, -0.2) is 28.3 Å². The van der Waals surface area contributed by atoms with Gasteiger partial charge >= 0.3 is 20.2 Å². The van der Waals surface area contributed by atoms with Crippen LogP contribution in [0.1, 0.15) is 26.7 Å². The van der Waals surface area contributed by atoms with E-state index in [0.717, 1.165) is 11.3 Å². The van der Waals surface area contributed by atoms with Crippen molar-refractivity contribution in [2.24, 2.45) is 0 Å². The lowest BCUT2D eigenvalue weighted by Crippen LogP contribution is -2.16. The van der Waals surface area contributed by atoms with Crippen LogP contribution >= 0.6 is 11.3 Å². The highest BCUT2D eigenvalue weighted by atomic mass is 32.2. The van der Waals surface area contributed by atoms with Crippen molar-refractivity contribution >= 4 is 31.6 Å². The molecule has 0 fully saturated rings. The van der Waals surface area contributed by atoms with E-state index in [-0.39, 0.29) is 23.0 Å². The van der Waals surface area contributed by atoms with Crippen LogP contribution in [-0.2, 0) is 20.2 Å². The van der Waals surface area contributed by atoms with Crippen molar-refractivity contribution in [3.63, 3.8) is 0 Å². The number of rotatable bonds is 8. The van der Waals surface area contributed by atoms with Crippen LogP contribution < -0.4 is 8.37 Å². The Bertz CT molecular complexity index is 546. The van der Waals surface area contributed by atoms with Crippen LogP contribution in [0.25, 0.3) is 0 Å². The molecule has 0 amide bonds. The highest BCUT2D eigenvalue weighted by molar-refractivity contribution is 7.87. The lowest BCUT2D eigenvalue weighted by molar-refractivity contribution is 0.451. The fraction of sp³-hybridized carbons (Fsp3) is 0.600. The van der Waals surface area contributed by atoms with Crippen molar-refractivity contribution in [1.29, 1.82) is 0 Å². The molecule has 0 aliphatic carbocycles. The van der Waals surface area contributed by atoms with E-state index in [2.05, 4.69) is 0 Å². The Hall–Kier alpha value is -0.800. The number of thiophene rings is 1. The summed E-state index contributed by atoms with van der Waals surface area (Å²) in [6.07, 6.45) is 0.827. The Morgan fingerprint density at radius 3 is 1.58 bits per heavy atom. The summed E-state index contributed by atoms with van der Waals surface area (Å²) in [7, 11) is -7.43. The van der Waals surface area contributed by atoms with Gasteiger partial charge in [-0.15, -0.1) is 11.3 Å². The van der Waals surface area contributed by atoms with E-state index in [1.54, 1.807) is 13.8 Å². The van der Waals surface area contributed by atoms with E-state index in [1.165, 1.54) is 10.8 Å². The first-order valence-corrected chi connectivity index (χ1v) is 9.80. The predicted molar refractivity (Wildman–Crippen MR) is 73.7 cm³/mol. The molecular formula is C10H16O6S3. The maximum atomic E-state index is 11.5. The second kappa shape index (κ2) is 6.58. The van der Waals surface area contributed by atoms with Crippen LogP contribution in [0, 0.1) is 0 Å². The van der Waals surface area contributed by atoms with Gasteiger partial charge in [-0.3, -0.25) is 0 Å². The van der Waals surface area contributed by atoms with Gasteiger partial charge < -0.3 is 8.37 Å². The van der Waals surface area contributed by atoms with Crippen LogP contribution in [0.5, 0.6) is 11.5 Å². The van der Waals surface area contributed by atoms with Crippen molar-refractivity contribution < 1.29 is 25.2 Å². The van der Waals surface area contributed by atoms with Crippen LogP contribution in [0.4, 0.5) is 0 Å². The lowest BCUT2D eigenvalue weighted by Gasteiger charge is -2.08. The molecule has 19 heavy (non-hydrogen) atoms. The van der Waals surface area contributed by atoms with Crippen molar-refractivity contribution in [3.8, 4) is 11.5 Å². The van der Waals surface area contributed by atoms with Gasteiger partial charge in [-0.1, -0.05) is 13.8 Å². The van der Waals surface area contributed by atoms with Crippen molar-refractivity contribution in [2.45, 2.75) is 26.7 Å². The van der Waals surface area contributed by atoms with Crippen LogP contribution in [0.2, 0.25) is 0 Å². The summed E-state index contributed by atoms with van der Waals surface area (Å²) in [6, 6.07) is 0. The predicted octanol–water partition coefficient (Wildman–Crippen LogP) is 1.99. The third kappa shape index (κ3) is 5.37. The zero-order valence-corrected chi connectivity index (χ0v) is 13.1. The molecule has 0 N–H and O–H groups in total. The summed E-state index contributed by atoms with van der Waals surface area (Å²) >= 11 is 1.10. The van der Waals surface area contributed by atoms with E-state index < -0.39 is 20.2 Å². The molecule has 0 radical (unpaired) electrons. The summed E-state index contributed by atoms with van der Waals surface area (Å²) in [5.74, 6) is -0.440. The Balaban J connectivity index is 2.87. The summed E-state index contributed by atoms with van der Waals surface area (Å²) in [5.41, 5.74) is 0. The third-order valence-corrected chi connectivity index (χ3v) is 5.32. The monoisotopic (exact) mass is 328 g/mol. The molecule has 0 saturated carbocycles. The molecule has 110 valence electrons. The van der Waals surface area contributed by atoms with Gasteiger partial charge in [0.25, 0.3) is 0 Å². The Morgan fingerprint density at radius 1 is 0.895 bits per heavy atom. The first kappa shape index (κ1) is 16.3. The summed E-state index contributed by atoms with van der Waals surface area (Å²) in [5, 5.41) is 2.79. The highest BCUT2D eigenvalue weighted by Gasteiger charge is 2.20. The standard InChI is InChI=1S/C10H16O6S3/c1-3-5-18(11,12)15-9-7-17-8-10(9)16-19(13,14)6-4-2/h7-8H,3-6H2,1-2H3. The molecule has 0 spiro atoms. The summed E-state index contributed by atoms with van der Waals surface area (Å²) < 4.78 is 55.7. The highest BCUT2D eigenvalue weighted by Crippen LogP contribution is 2.34. The minimum atomic E-state index is -3.71. The van der Waals surface area contributed by atoms with Crippen molar-refractivity contribution in [3.05, 3.63) is 10.8 Å². The van der Waals surface area contributed by atoms with Gasteiger partial charge in [0.15, 0.2) is 11.5 Å². The molecule has 0 aromatic carbocycles. The first-order valence-electron chi connectivity index (χ1n) is 5.70. The lowest BCUT2D eigenvalue weighted by atomic mass is 10.6. The van der Waals surface area contributed by atoms with Gasteiger partial charge in [-0.25, -0.2) is 0 Å². The molecule has 0 aliphatic heterocycles. The topological polar surface area (TPSA) is 86.7 Å². The summed E-state index contributed by atoms with van der Waals surface area (Å²) in [6.45, 7) is 3.41. The van der Waals surface area contributed by atoms with Gasteiger partial charge in [-0.2, -0.15) is 16.8 Å². The quantitative estimate of drug-likeness (QED) is 0.678. The van der Waals surface area contributed by atoms with Gasteiger partial charge in [0.05, 0.1) is 11.5 Å². The molecule has 6 nitrogen and oxygen atoms in total. The molecule has 0 saturated heterocycles. The zero-order valence-electron chi connectivity index (χ0n) is 10.7. The van der Waals surface area contributed by atoms with Gasteiger partial charge in [-0.05, 0) is 12.8 Å². The molecule has 0 aliphatic rings. The number of hydrogen-bond acceptors (Lipinski definition) is 7. The van der Waals surface area contributed by atoms with E-state index in [9.17, 15) is 16.8 Å². The normalized spacial score (nSPS) is 12.3. The van der Waals surface area contributed by atoms with Gasteiger partial charge in [0, 0.05) is 10.8 Å². The second-order valence-corrected chi connectivity index (χ2v) is 7.91. The molecular weight excluding hydrogens is 312 g/mol. The van der Waals surface area contributed by atoms with Crippen LogP contribution in [0.15, 0.2) is 10.8 Å². The fourth-order valence-corrected chi connectivity index (χ4v) is 3.99. The third-order valence-electron chi connectivity index (χ3n) is 1.93. The van der Waals surface area contributed by atoms with E-state index in [4.69, 9.17) is 8.37 Å². The Labute approximate surface area is 117 Å².